The molecule has 0 bridgehead atoms. The van der Waals surface area contributed by atoms with Crippen molar-refractivity contribution in [2.24, 2.45) is 5.73 Å². The van der Waals surface area contributed by atoms with E-state index in [-0.39, 0.29) is 0 Å². The van der Waals surface area contributed by atoms with E-state index in [1.807, 2.05) is 0 Å². The predicted octanol–water partition coefficient (Wildman–Crippen LogP) is 0.979. The summed E-state index contributed by atoms with van der Waals surface area (Å²) in [7, 11) is 0. The summed E-state index contributed by atoms with van der Waals surface area (Å²) in [6, 6.07) is 0. The van der Waals surface area contributed by atoms with Crippen molar-refractivity contribution in [3.8, 4) is 0 Å². The van der Waals surface area contributed by atoms with Crippen molar-refractivity contribution in [3.63, 3.8) is 0 Å². The number of nitrogens with two attached hydrogens (primary N) is 1. The predicted molar refractivity (Wildman–Crippen MR) is 55.8 cm³/mol. The smallest absolute Gasteiger partial charge is 0.244 e. The molecule has 0 aromatic heterocycles. The third-order valence-corrected chi connectivity index (χ3v) is 1.88. The summed E-state index contributed by atoms with van der Waals surface area (Å²) < 4.78 is 0. The largest absolute Gasteiger partial charge is 0.329 e. The Morgan fingerprint density at radius 1 is 1.54 bits per heavy atom. The molecule has 0 aliphatic heterocycles. The van der Waals surface area contributed by atoms with Crippen molar-refractivity contribution in [2.75, 3.05) is 26.2 Å². The number of rotatable bonds is 7. The number of halogens is 1. The zero-order chi connectivity index (χ0) is 10.1. The van der Waals surface area contributed by atoms with E-state index in [2.05, 4.69) is 11.8 Å². The van der Waals surface area contributed by atoms with Gasteiger partial charge in [0.2, 0.25) is 5.24 Å². The maximum Gasteiger partial charge on any atom is 0.244 e. The molecule has 0 aliphatic carbocycles. The summed E-state index contributed by atoms with van der Waals surface area (Å²) in [6.07, 6.45) is 4.01. The van der Waals surface area contributed by atoms with Gasteiger partial charge in [-0.1, -0.05) is 13.0 Å². The van der Waals surface area contributed by atoms with Gasteiger partial charge < -0.3 is 10.6 Å². The Morgan fingerprint density at radius 2 is 2.23 bits per heavy atom. The number of nitrogens with zero attached hydrogens (tertiary/aromatic N) is 1. The third kappa shape index (κ3) is 7.96. The van der Waals surface area contributed by atoms with Crippen LogP contribution in [0.4, 0.5) is 0 Å². The molecule has 13 heavy (non-hydrogen) atoms. The molecule has 76 valence electrons. The second-order valence-electron chi connectivity index (χ2n) is 2.72. The summed E-state index contributed by atoms with van der Waals surface area (Å²) in [5.41, 5.74) is 5.42. The monoisotopic (exact) mass is 204 g/mol. The van der Waals surface area contributed by atoms with Crippen LogP contribution < -0.4 is 5.73 Å². The van der Waals surface area contributed by atoms with E-state index in [0.717, 1.165) is 26.1 Å². The van der Waals surface area contributed by atoms with Gasteiger partial charge in [0.1, 0.15) is 0 Å². The van der Waals surface area contributed by atoms with Gasteiger partial charge in [0.05, 0.1) is 0 Å². The summed E-state index contributed by atoms with van der Waals surface area (Å²) >= 11 is 5.13. The molecular weight excluding hydrogens is 188 g/mol. The van der Waals surface area contributed by atoms with Crippen LogP contribution in [0, 0.1) is 0 Å². The minimum Gasteiger partial charge on any atom is -0.329 e. The molecule has 0 radical (unpaired) electrons. The molecule has 0 heterocycles. The molecule has 0 saturated carbocycles. The first kappa shape index (κ1) is 12.6. The quantitative estimate of drug-likeness (QED) is 0.497. The summed E-state index contributed by atoms with van der Waals surface area (Å²) in [6.45, 7) is 5.57. The maximum absolute atomic E-state index is 10.3. The van der Waals surface area contributed by atoms with Crippen molar-refractivity contribution >= 4 is 16.8 Å². The SMILES string of the molecule is CCN(CCN)CCC=CC(=O)Cl. The molecule has 0 fully saturated rings. The molecule has 4 heteroatoms. The number of carbonyl (C=O) groups excluding carboxylic acids is 1. The molecule has 0 aromatic carbocycles. The van der Waals surface area contributed by atoms with Crippen molar-refractivity contribution in [3.05, 3.63) is 12.2 Å². The third-order valence-electron chi connectivity index (χ3n) is 1.75. The first-order valence-corrected chi connectivity index (χ1v) is 4.87. The Hall–Kier alpha value is -0.380. The first-order chi connectivity index (χ1) is 6.20. The topological polar surface area (TPSA) is 46.3 Å². The van der Waals surface area contributed by atoms with Gasteiger partial charge >= 0.3 is 0 Å². The fourth-order valence-electron chi connectivity index (χ4n) is 1.04. The molecule has 0 aliphatic rings. The summed E-state index contributed by atoms with van der Waals surface area (Å²) in [4.78, 5) is 12.6. The highest BCUT2D eigenvalue weighted by Gasteiger charge is 1.97. The normalized spacial score (nSPS) is 11.4. The number of likely N-dealkylation sites (N-methyl/N-ethyl adjacent to an activating group) is 1. The molecular formula is C9H17ClN2O. The lowest BCUT2D eigenvalue weighted by molar-refractivity contribution is -0.107. The average Bonchev–Trinajstić information content (AvgIpc) is 2.10. The second-order valence-corrected chi connectivity index (χ2v) is 3.09. The minimum atomic E-state index is -0.415. The van der Waals surface area contributed by atoms with E-state index in [0.29, 0.717) is 6.54 Å². The Balaban J connectivity index is 3.54. The van der Waals surface area contributed by atoms with E-state index in [9.17, 15) is 4.79 Å². The van der Waals surface area contributed by atoms with Crippen molar-refractivity contribution in [1.29, 1.82) is 0 Å². The van der Waals surface area contributed by atoms with Crippen LogP contribution in [0.1, 0.15) is 13.3 Å². The average molecular weight is 205 g/mol. The van der Waals surface area contributed by atoms with Gasteiger partial charge in [-0.2, -0.15) is 0 Å². The van der Waals surface area contributed by atoms with Gasteiger partial charge in [-0.15, -0.1) is 0 Å². The Morgan fingerprint density at radius 3 is 2.69 bits per heavy atom. The lowest BCUT2D eigenvalue weighted by atomic mass is 10.3. The van der Waals surface area contributed by atoms with Crippen LogP contribution in [0.25, 0.3) is 0 Å². The lowest BCUT2D eigenvalue weighted by Gasteiger charge is -2.17. The molecule has 0 spiro atoms. The molecule has 2 N–H and O–H groups in total. The highest BCUT2D eigenvalue weighted by atomic mass is 35.5. The fourth-order valence-corrected chi connectivity index (χ4v) is 1.13. The highest BCUT2D eigenvalue weighted by Crippen LogP contribution is 1.92. The van der Waals surface area contributed by atoms with Gasteiger partial charge in [-0.05, 0) is 30.6 Å². The molecule has 0 atom stereocenters. The van der Waals surface area contributed by atoms with Crippen LogP contribution in [0.3, 0.4) is 0 Å². The summed E-state index contributed by atoms with van der Waals surface area (Å²) in [5.74, 6) is 0. The Bertz CT molecular complexity index is 171. The number of hydrogen-bond donors (Lipinski definition) is 1. The van der Waals surface area contributed by atoms with Crippen LogP contribution in [-0.4, -0.2) is 36.3 Å². The maximum atomic E-state index is 10.3. The lowest BCUT2D eigenvalue weighted by Crippen LogP contribution is -2.29. The van der Waals surface area contributed by atoms with Gasteiger partial charge in [-0.25, -0.2) is 0 Å². The van der Waals surface area contributed by atoms with Crippen LogP contribution in [0.15, 0.2) is 12.2 Å². The van der Waals surface area contributed by atoms with Gasteiger partial charge in [0.25, 0.3) is 0 Å². The molecule has 0 aromatic rings. The van der Waals surface area contributed by atoms with Crippen molar-refractivity contribution < 1.29 is 4.79 Å². The molecule has 0 rings (SSSR count). The molecule has 0 unspecified atom stereocenters. The zero-order valence-electron chi connectivity index (χ0n) is 8.00. The Kier molecular flexibility index (Phi) is 7.99. The van der Waals surface area contributed by atoms with Gasteiger partial charge in [0.15, 0.2) is 0 Å². The summed E-state index contributed by atoms with van der Waals surface area (Å²) in [5, 5.41) is -0.415. The standard InChI is InChI=1S/C9H17ClN2O/c1-2-12(8-6-11)7-4-3-5-9(10)13/h3,5H,2,4,6-8,11H2,1H3. The first-order valence-electron chi connectivity index (χ1n) is 4.49. The number of allylic oxidation sites excluding steroid dienone is 1. The molecule has 3 nitrogen and oxygen atoms in total. The van der Waals surface area contributed by atoms with Crippen LogP contribution in [0.2, 0.25) is 0 Å². The van der Waals surface area contributed by atoms with E-state index in [1.54, 1.807) is 6.08 Å². The number of hydrogen-bond acceptors (Lipinski definition) is 3. The van der Waals surface area contributed by atoms with Crippen LogP contribution in [-0.2, 0) is 4.79 Å². The van der Waals surface area contributed by atoms with E-state index < -0.39 is 5.24 Å². The van der Waals surface area contributed by atoms with E-state index in [4.69, 9.17) is 17.3 Å². The minimum absolute atomic E-state index is 0.415. The zero-order valence-corrected chi connectivity index (χ0v) is 8.76. The van der Waals surface area contributed by atoms with Gasteiger partial charge in [0, 0.05) is 19.6 Å². The molecule has 0 amide bonds. The number of carbonyl (C=O) groups is 1. The highest BCUT2D eigenvalue weighted by molar-refractivity contribution is 6.66. The van der Waals surface area contributed by atoms with E-state index in [1.165, 1.54) is 6.08 Å². The molecule has 0 saturated heterocycles. The van der Waals surface area contributed by atoms with Crippen molar-refractivity contribution in [1.82, 2.24) is 4.90 Å². The van der Waals surface area contributed by atoms with Crippen LogP contribution >= 0.6 is 11.6 Å². The second kappa shape index (κ2) is 8.23. The fraction of sp³-hybridized carbons (Fsp3) is 0.667. The van der Waals surface area contributed by atoms with Crippen LogP contribution in [0.5, 0.6) is 0 Å². The van der Waals surface area contributed by atoms with Gasteiger partial charge in [-0.3, -0.25) is 4.79 Å². The van der Waals surface area contributed by atoms with Crippen molar-refractivity contribution in [2.45, 2.75) is 13.3 Å². The Labute approximate surface area is 84.5 Å². The van der Waals surface area contributed by atoms with E-state index >= 15 is 0 Å².